The number of thioether (sulfide) groups is 1. The lowest BCUT2D eigenvalue weighted by Gasteiger charge is -2.31. The first-order chi connectivity index (χ1) is 13.2. The lowest BCUT2D eigenvalue weighted by molar-refractivity contribution is -0.124. The Bertz CT molecular complexity index is 743. The number of hydrogen-bond acceptors (Lipinski definition) is 3. The van der Waals surface area contributed by atoms with E-state index >= 15 is 0 Å². The van der Waals surface area contributed by atoms with Crippen molar-refractivity contribution >= 4 is 28.9 Å². The highest BCUT2D eigenvalue weighted by Crippen LogP contribution is 2.38. The Kier molecular flexibility index (Phi) is 6.01. The molecule has 2 aliphatic carbocycles. The van der Waals surface area contributed by atoms with Crippen LogP contribution in [0.25, 0.3) is 6.08 Å². The first-order valence-corrected chi connectivity index (χ1v) is 11.4. The zero-order valence-corrected chi connectivity index (χ0v) is 17.1. The molecule has 0 aromatic heterocycles. The maximum Gasteiger partial charge on any atom is 0.266 e. The van der Waals surface area contributed by atoms with E-state index in [1.807, 2.05) is 0 Å². The van der Waals surface area contributed by atoms with Gasteiger partial charge >= 0.3 is 0 Å². The van der Waals surface area contributed by atoms with E-state index in [9.17, 15) is 4.79 Å². The summed E-state index contributed by atoms with van der Waals surface area (Å²) in [6.07, 6.45) is 14.3. The van der Waals surface area contributed by atoms with Gasteiger partial charge in [-0.15, -0.1) is 0 Å². The van der Waals surface area contributed by atoms with Crippen molar-refractivity contribution in [2.45, 2.75) is 83.2 Å². The van der Waals surface area contributed by atoms with Gasteiger partial charge in [-0.05, 0) is 56.0 Å². The summed E-state index contributed by atoms with van der Waals surface area (Å²) in [5, 5.41) is 0.970. The zero-order valence-electron chi connectivity index (χ0n) is 16.3. The summed E-state index contributed by atoms with van der Waals surface area (Å²) in [4.78, 5) is 21.3. The van der Waals surface area contributed by atoms with Gasteiger partial charge in [-0.2, -0.15) is 0 Å². The monoisotopic (exact) mass is 382 g/mol. The molecule has 2 saturated carbocycles. The number of amidine groups is 1. The van der Waals surface area contributed by atoms with Gasteiger partial charge in [0.15, 0.2) is 5.17 Å². The molecule has 3 aliphatic rings. The number of benzene rings is 1. The second kappa shape index (κ2) is 8.64. The fraction of sp³-hybridized carbons (Fsp3) is 0.565. The highest BCUT2D eigenvalue weighted by molar-refractivity contribution is 8.18. The molecule has 0 N–H and O–H groups in total. The van der Waals surface area contributed by atoms with Crippen molar-refractivity contribution in [2.24, 2.45) is 4.99 Å². The predicted molar refractivity (Wildman–Crippen MR) is 115 cm³/mol. The van der Waals surface area contributed by atoms with Gasteiger partial charge in [0.25, 0.3) is 5.91 Å². The fourth-order valence-corrected chi connectivity index (χ4v) is 5.62. The third-order valence-corrected chi connectivity index (χ3v) is 6.98. The zero-order chi connectivity index (χ0) is 18.6. The minimum Gasteiger partial charge on any atom is -0.284 e. The first kappa shape index (κ1) is 18.8. The van der Waals surface area contributed by atoms with Crippen LogP contribution in [0.1, 0.15) is 75.3 Å². The van der Waals surface area contributed by atoms with Gasteiger partial charge in [0, 0.05) is 6.04 Å². The van der Waals surface area contributed by atoms with Gasteiger partial charge < -0.3 is 0 Å². The Labute approximate surface area is 167 Å². The summed E-state index contributed by atoms with van der Waals surface area (Å²) in [5.74, 6) is 0.169. The standard InChI is InChI=1S/C23H30N2OS/c1-17-9-8-10-18(15-17)16-21-22(26)25(20-13-6-3-7-14-20)23(27-21)24-19-11-4-2-5-12-19/h8-10,15-16,19-20H,2-7,11-14H2,1H3. The highest BCUT2D eigenvalue weighted by Gasteiger charge is 2.39. The van der Waals surface area contributed by atoms with Crippen LogP contribution >= 0.6 is 11.8 Å². The molecule has 144 valence electrons. The third-order valence-electron chi connectivity index (χ3n) is 5.98. The molecule has 4 heteroatoms. The summed E-state index contributed by atoms with van der Waals surface area (Å²) in [6, 6.07) is 9.11. The van der Waals surface area contributed by atoms with Gasteiger partial charge in [0.1, 0.15) is 0 Å². The number of aryl methyl sites for hydroxylation is 1. The van der Waals surface area contributed by atoms with Crippen LogP contribution in [0.5, 0.6) is 0 Å². The Morgan fingerprint density at radius 1 is 1.04 bits per heavy atom. The summed E-state index contributed by atoms with van der Waals surface area (Å²) >= 11 is 1.60. The fourth-order valence-electron chi connectivity index (χ4n) is 4.52. The van der Waals surface area contributed by atoms with E-state index in [0.29, 0.717) is 12.1 Å². The van der Waals surface area contributed by atoms with Crippen molar-refractivity contribution < 1.29 is 4.79 Å². The van der Waals surface area contributed by atoms with Crippen molar-refractivity contribution in [1.82, 2.24) is 4.90 Å². The summed E-state index contributed by atoms with van der Waals surface area (Å²) < 4.78 is 0. The number of carbonyl (C=O) groups excluding carboxylic acids is 1. The number of amides is 1. The molecular weight excluding hydrogens is 352 g/mol. The van der Waals surface area contributed by atoms with Crippen molar-refractivity contribution in [3.63, 3.8) is 0 Å². The molecule has 0 spiro atoms. The van der Waals surface area contributed by atoms with Crippen LogP contribution in [0.4, 0.5) is 0 Å². The topological polar surface area (TPSA) is 32.7 Å². The van der Waals surface area contributed by atoms with Crippen LogP contribution in [0, 0.1) is 6.92 Å². The summed E-state index contributed by atoms with van der Waals surface area (Å²) in [7, 11) is 0. The molecule has 3 fully saturated rings. The molecule has 1 saturated heterocycles. The van der Waals surface area contributed by atoms with Gasteiger partial charge in [-0.3, -0.25) is 14.7 Å². The number of aliphatic imine (C=N–C) groups is 1. The molecule has 3 nitrogen and oxygen atoms in total. The minimum absolute atomic E-state index is 0.169. The van der Waals surface area contributed by atoms with E-state index in [1.165, 1.54) is 56.9 Å². The summed E-state index contributed by atoms with van der Waals surface area (Å²) in [5.41, 5.74) is 2.33. The molecule has 1 aliphatic heterocycles. The van der Waals surface area contributed by atoms with Crippen molar-refractivity contribution in [1.29, 1.82) is 0 Å². The molecule has 1 aromatic carbocycles. The van der Waals surface area contributed by atoms with Crippen molar-refractivity contribution in [3.05, 3.63) is 40.3 Å². The Morgan fingerprint density at radius 2 is 1.74 bits per heavy atom. The maximum atomic E-state index is 13.3. The maximum absolute atomic E-state index is 13.3. The molecular formula is C23H30N2OS. The van der Waals surface area contributed by atoms with Crippen molar-refractivity contribution in [2.75, 3.05) is 0 Å². The Morgan fingerprint density at radius 3 is 2.44 bits per heavy atom. The Hall–Kier alpha value is -1.55. The van der Waals surface area contributed by atoms with Gasteiger partial charge in [-0.25, -0.2) is 0 Å². The summed E-state index contributed by atoms with van der Waals surface area (Å²) in [6.45, 7) is 2.09. The van der Waals surface area contributed by atoms with Crippen LogP contribution in [-0.4, -0.2) is 28.1 Å². The van der Waals surface area contributed by atoms with E-state index in [1.54, 1.807) is 11.8 Å². The largest absolute Gasteiger partial charge is 0.284 e. The number of nitrogens with zero attached hydrogens (tertiary/aromatic N) is 2. The lowest BCUT2D eigenvalue weighted by atomic mass is 9.94. The molecule has 1 aromatic rings. The molecule has 27 heavy (non-hydrogen) atoms. The van der Waals surface area contributed by atoms with Crippen LogP contribution in [0.2, 0.25) is 0 Å². The molecule has 0 atom stereocenters. The Balaban J connectivity index is 1.63. The number of hydrogen-bond donors (Lipinski definition) is 0. The van der Waals surface area contributed by atoms with Crippen LogP contribution in [0.3, 0.4) is 0 Å². The van der Waals surface area contributed by atoms with Crippen LogP contribution < -0.4 is 0 Å². The SMILES string of the molecule is Cc1cccc(C=C2SC(=NC3CCCCC3)N(C3CCCCC3)C2=O)c1. The van der Waals surface area contributed by atoms with Gasteiger partial charge in [0.2, 0.25) is 0 Å². The first-order valence-electron chi connectivity index (χ1n) is 10.6. The predicted octanol–water partition coefficient (Wildman–Crippen LogP) is 5.93. The molecule has 1 amide bonds. The average molecular weight is 383 g/mol. The van der Waals surface area contributed by atoms with E-state index in [4.69, 9.17) is 4.99 Å². The van der Waals surface area contributed by atoms with E-state index < -0.39 is 0 Å². The third kappa shape index (κ3) is 4.48. The smallest absolute Gasteiger partial charge is 0.266 e. The van der Waals surface area contributed by atoms with Gasteiger partial charge in [-0.1, -0.05) is 68.4 Å². The lowest BCUT2D eigenvalue weighted by Crippen LogP contribution is -2.41. The normalized spacial score (nSPS) is 25.7. The molecule has 0 unspecified atom stereocenters. The second-order valence-electron chi connectivity index (χ2n) is 8.20. The van der Waals surface area contributed by atoms with Gasteiger partial charge in [0.05, 0.1) is 10.9 Å². The molecule has 4 rings (SSSR count). The molecule has 0 radical (unpaired) electrons. The second-order valence-corrected chi connectivity index (χ2v) is 9.20. The van der Waals surface area contributed by atoms with Crippen LogP contribution in [-0.2, 0) is 4.79 Å². The molecule has 0 bridgehead atoms. The highest BCUT2D eigenvalue weighted by atomic mass is 32.2. The van der Waals surface area contributed by atoms with E-state index in [0.717, 1.165) is 28.5 Å². The number of carbonyl (C=O) groups is 1. The van der Waals surface area contributed by atoms with Crippen LogP contribution in [0.15, 0.2) is 34.2 Å². The minimum atomic E-state index is 0.169. The molecule has 1 heterocycles. The number of rotatable bonds is 3. The van der Waals surface area contributed by atoms with E-state index in [-0.39, 0.29) is 5.91 Å². The van der Waals surface area contributed by atoms with Crippen molar-refractivity contribution in [3.8, 4) is 0 Å². The van der Waals surface area contributed by atoms with E-state index in [2.05, 4.69) is 42.2 Å². The quantitative estimate of drug-likeness (QED) is 0.607. The average Bonchev–Trinajstić information content (AvgIpc) is 2.98.